The second-order valence-electron chi connectivity index (χ2n) is 6.00. The Balaban J connectivity index is 1.68. The van der Waals surface area contributed by atoms with E-state index in [2.05, 4.69) is 0 Å². The van der Waals surface area contributed by atoms with Crippen molar-refractivity contribution in [1.29, 1.82) is 0 Å². The van der Waals surface area contributed by atoms with Crippen LogP contribution in [0.1, 0.15) is 34.1 Å². The summed E-state index contributed by atoms with van der Waals surface area (Å²) in [7, 11) is 0. The van der Waals surface area contributed by atoms with Gasteiger partial charge in [-0.05, 0) is 31.2 Å². The fraction of sp³-hybridized carbons (Fsp3) is 0.300. The highest BCUT2D eigenvalue weighted by atomic mass is 16.6. The van der Waals surface area contributed by atoms with Crippen molar-refractivity contribution < 1.29 is 23.8 Å². The molecule has 1 aliphatic heterocycles. The molecule has 0 bridgehead atoms. The molecular formula is C20H20O5. The summed E-state index contributed by atoms with van der Waals surface area (Å²) in [5.74, 6) is -0.884. The van der Waals surface area contributed by atoms with Crippen molar-refractivity contribution in [2.24, 2.45) is 0 Å². The highest BCUT2D eigenvalue weighted by molar-refractivity contribution is 5.90. The first-order chi connectivity index (χ1) is 12.1. The van der Waals surface area contributed by atoms with E-state index < -0.39 is 24.1 Å². The third kappa shape index (κ3) is 4.45. The van der Waals surface area contributed by atoms with Crippen LogP contribution in [0.2, 0.25) is 0 Å². The molecular weight excluding hydrogens is 320 g/mol. The van der Waals surface area contributed by atoms with E-state index in [1.54, 1.807) is 48.5 Å². The SMILES string of the molecule is C[C@@H]1C[C@H](OC(=O)c2ccccc2)[C@H](OC(=O)c2ccccc2)CO1. The van der Waals surface area contributed by atoms with Gasteiger partial charge >= 0.3 is 11.9 Å². The Morgan fingerprint density at radius 3 is 1.84 bits per heavy atom. The molecule has 0 radical (unpaired) electrons. The van der Waals surface area contributed by atoms with E-state index in [-0.39, 0.29) is 12.7 Å². The number of benzene rings is 2. The second kappa shape index (κ2) is 7.94. The van der Waals surface area contributed by atoms with Crippen LogP contribution in [0.25, 0.3) is 0 Å². The summed E-state index contributed by atoms with van der Waals surface area (Å²) in [6.07, 6.45) is -0.758. The van der Waals surface area contributed by atoms with E-state index in [0.717, 1.165) is 0 Å². The molecule has 1 heterocycles. The molecule has 2 aromatic carbocycles. The Kier molecular flexibility index (Phi) is 5.46. The topological polar surface area (TPSA) is 61.8 Å². The first-order valence-electron chi connectivity index (χ1n) is 8.27. The maximum Gasteiger partial charge on any atom is 0.338 e. The van der Waals surface area contributed by atoms with Gasteiger partial charge in [-0.25, -0.2) is 9.59 Å². The first-order valence-corrected chi connectivity index (χ1v) is 8.27. The number of hydrogen-bond donors (Lipinski definition) is 0. The van der Waals surface area contributed by atoms with E-state index in [4.69, 9.17) is 14.2 Å². The van der Waals surface area contributed by atoms with E-state index in [1.165, 1.54) is 0 Å². The molecule has 0 saturated carbocycles. The Bertz CT molecular complexity index is 713. The van der Waals surface area contributed by atoms with E-state index in [1.807, 2.05) is 19.1 Å². The van der Waals surface area contributed by atoms with E-state index >= 15 is 0 Å². The third-order valence-electron chi connectivity index (χ3n) is 4.06. The molecule has 2 aromatic rings. The van der Waals surface area contributed by atoms with Gasteiger partial charge in [0, 0.05) is 6.42 Å². The van der Waals surface area contributed by atoms with Crippen LogP contribution >= 0.6 is 0 Å². The van der Waals surface area contributed by atoms with Crippen molar-refractivity contribution in [3.05, 3.63) is 71.8 Å². The van der Waals surface area contributed by atoms with Gasteiger partial charge in [-0.3, -0.25) is 0 Å². The fourth-order valence-corrected chi connectivity index (χ4v) is 2.71. The lowest BCUT2D eigenvalue weighted by atomic mass is 10.0. The van der Waals surface area contributed by atoms with E-state index in [9.17, 15) is 9.59 Å². The van der Waals surface area contributed by atoms with Gasteiger partial charge in [-0.15, -0.1) is 0 Å². The van der Waals surface area contributed by atoms with Gasteiger partial charge < -0.3 is 14.2 Å². The molecule has 130 valence electrons. The van der Waals surface area contributed by atoms with Gasteiger partial charge in [-0.2, -0.15) is 0 Å². The molecule has 0 spiro atoms. The number of carbonyl (C=O) groups is 2. The van der Waals surface area contributed by atoms with Crippen LogP contribution in [-0.2, 0) is 14.2 Å². The zero-order valence-corrected chi connectivity index (χ0v) is 14.0. The number of ether oxygens (including phenoxy) is 3. The predicted molar refractivity (Wildman–Crippen MR) is 91.3 cm³/mol. The highest BCUT2D eigenvalue weighted by Gasteiger charge is 2.35. The average Bonchev–Trinajstić information content (AvgIpc) is 2.65. The highest BCUT2D eigenvalue weighted by Crippen LogP contribution is 2.22. The maximum absolute atomic E-state index is 12.3. The first kappa shape index (κ1) is 17.2. The van der Waals surface area contributed by atoms with Crippen molar-refractivity contribution >= 4 is 11.9 Å². The molecule has 1 fully saturated rings. The van der Waals surface area contributed by atoms with Crippen LogP contribution in [0.3, 0.4) is 0 Å². The van der Waals surface area contributed by atoms with Crippen molar-refractivity contribution in [2.45, 2.75) is 31.7 Å². The van der Waals surface area contributed by atoms with Crippen molar-refractivity contribution in [1.82, 2.24) is 0 Å². The van der Waals surface area contributed by atoms with Crippen LogP contribution in [0.5, 0.6) is 0 Å². The van der Waals surface area contributed by atoms with Crippen LogP contribution in [0, 0.1) is 0 Å². The molecule has 3 rings (SSSR count). The van der Waals surface area contributed by atoms with Gasteiger partial charge in [0.1, 0.15) is 6.10 Å². The van der Waals surface area contributed by atoms with Crippen LogP contribution in [-0.4, -0.2) is 36.9 Å². The predicted octanol–water partition coefficient (Wildman–Crippen LogP) is 3.25. The minimum Gasteiger partial charge on any atom is -0.455 e. The zero-order valence-electron chi connectivity index (χ0n) is 14.0. The molecule has 3 atom stereocenters. The quantitative estimate of drug-likeness (QED) is 0.800. The van der Waals surface area contributed by atoms with Gasteiger partial charge in [0.25, 0.3) is 0 Å². The molecule has 0 aliphatic carbocycles. The lowest BCUT2D eigenvalue weighted by Crippen LogP contribution is -2.45. The largest absolute Gasteiger partial charge is 0.455 e. The summed E-state index contributed by atoms with van der Waals surface area (Å²) in [4.78, 5) is 24.6. The standard InChI is InChI=1S/C20H20O5/c1-14-12-17(24-19(21)15-8-4-2-5-9-15)18(13-23-14)25-20(22)16-10-6-3-7-11-16/h2-11,14,17-18H,12-13H2,1H3/t14-,17+,18-/m1/s1. The summed E-state index contributed by atoms with van der Waals surface area (Å²) in [5, 5.41) is 0. The molecule has 1 saturated heterocycles. The van der Waals surface area contributed by atoms with Crippen LogP contribution < -0.4 is 0 Å². The molecule has 0 amide bonds. The Morgan fingerprint density at radius 2 is 1.32 bits per heavy atom. The normalized spacial score (nSPS) is 22.8. The van der Waals surface area contributed by atoms with Crippen molar-refractivity contribution in [3.63, 3.8) is 0 Å². The molecule has 0 N–H and O–H groups in total. The average molecular weight is 340 g/mol. The smallest absolute Gasteiger partial charge is 0.338 e. The van der Waals surface area contributed by atoms with Crippen molar-refractivity contribution in [2.75, 3.05) is 6.61 Å². The lowest BCUT2D eigenvalue weighted by molar-refractivity contribution is -0.124. The Labute approximate surface area is 146 Å². The van der Waals surface area contributed by atoms with Crippen LogP contribution in [0.4, 0.5) is 0 Å². The molecule has 5 heteroatoms. The van der Waals surface area contributed by atoms with Gasteiger partial charge in [-0.1, -0.05) is 36.4 Å². The summed E-state index contributed by atoms with van der Waals surface area (Å²) in [6.45, 7) is 2.10. The third-order valence-corrected chi connectivity index (χ3v) is 4.06. The van der Waals surface area contributed by atoms with Gasteiger partial charge in [0.15, 0.2) is 6.10 Å². The minimum absolute atomic E-state index is 0.0692. The number of esters is 2. The van der Waals surface area contributed by atoms with E-state index in [0.29, 0.717) is 17.5 Å². The number of hydrogen-bond acceptors (Lipinski definition) is 5. The summed E-state index contributed by atoms with van der Waals surface area (Å²) >= 11 is 0. The summed E-state index contributed by atoms with van der Waals surface area (Å²) in [5.41, 5.74) is 0.920. The second-order valence-corrected chi connectivity index (χ2v) is 6.00. The molecule has 0 aromatic heterocycles. The molecule has 0 unspecified atom stereocenters. The lowest BCUT2D eigenvalue weighted by Gasteiger charge is -2.33. The maximum atomic E-state index is 12.3. The Hall–Kier alpha value is -2.66. The molecule has 1 aliphatic rings. The summed E-state index contributed by atoms with van der Waals surface area (Å²) < 4.78 is 16.7. The number of carbonyl (C=O) groups excluding carboxylic acids is 2. The molecule has 25 heavy (non-hydrogen) atoms. The zero-order chi connectivity index (χ0) is 17.6. The fourth-order valence-electron chi connectivity index (χ4n) is 2.71. The molecule has 5 nitrogen and oxygen atoms in total. The van der Waals surface area contributed by atoms with Crippen LogP contribution in [0.15, 0.2) is 60.7 Å². The Morgan fingerprint density at radius 1 is 0.840 bits per heavy atom. The minimum atomic E-state index is -0.628. The number of rotatable bonds is 4. The monoisotopic (exact) mass is 340 g/mol. The van der Waals surface area contributed by atoms with Gasteiger partial charge in [0.2, 0.25) is 0 Å². The van der Waals surface area contributed by atoms with Gasteiger partial charge in [0.05, 0.1) is 23.8 Å². The summed E-state index contributed by atoms with van der Waals surface area (Å²) in [6, 6.07) is 17.5. The van der Waals surface area contributed by atoms with Crippen molar-refractivity contribution in [3.8, 4) is 0 Å².